The van der Waals surface area contributed by atoms with Crippen LogP contribution in [0, 0.1) is 0 Å². The van der Waals surface area contributed by atoms with Crippen LogP contribution in [0.15, 0.2) is 29.2 Å². The molecular formula is C22H30N4O3S2. The standard InChI is InChI=1S/C22H30N4O3S2/c1-3-26(17-7-5-4-6-8-17)31(28,29)18-11-9-16(10-12-18)21(27)24-22-23-19-13-14-25(2)15-20(19)30-22/h9-12,17H,3-8,13-15H2,1-2H3,(H,23,24,27). The van der Waals surface area contributed by atoms with Gasteiger partial charge in [0.15, 0.2) is 5.13 Å². The molecule has 2 heterocycles. The maximum atomic E-state index is 13.2. The Morgan fingerprint density at radius 3 is 2.61 bits per heavy atom. The van der Waals surface area contributed by atoms with Gasteiger partial charge in [-0.25, -0.2) is 13.4 Å². The Labute approximate surface area is 188 Å². The Morgan fingerprint density at radius 1 is 1.23 bits per heavy atom. The molecule has 1 aliphatic heterocycles. The van der Waals surface area contributed by atoms with Gasteiger partial charge in [-0.3, -0.25) is 10.1 Å². The predicted molar refractivity (Wildman–Crippen MR) is 123 cm³/mol. The molecule has 0 atom stereocenters. The van der Waals surface area contributed by atoms with E-state index in [9.17, 15) is 13.2 Å². The number of anilines is 1. The van der Waals surface area contributed by atoms with Gasteiger partial charge in [-0.15, -0.1) is 11.3 Å². The molecule has 1 fully saturated rings. The van der Waals surface area contributed by atoms with E-state index in [4.69, 9.17) is 0 Å². The van der Waals surface area contributed by atoms with Crippen molar-refractivity contribution < 1.29 is 13.2 Å². The zero-order chi connectivity index (χ0) is 22.0. The molecule has 1 aromatic carbocycles. The monoisotopic (exact) mass is 462 g/mol. The summed E-state index contributed by atoms with van der Waals surface area (Å²) in [7, 11) is -1.50. The van der Waals surface area contributed by atoms with E-state index in [0.717, 1.165) is 50.9 Å². The summed E-state index contributed by atoms with van der Waals surface area (Å²) in [6.45, 7) is 4.17. The first-order valence-electron chi connectivity index (χ1n) is 11.0. The number of rotatable bonds is 6. The quantitative estimate of drug-likeness (QED) is 0.707. The van der Waals surface area contributed by atoms with Crippen LogP contribution in [-0.2, 0) is 23.0 Å². The molecule has 168 valence electrons. The number of sulfonamides is 1. The lowest BCUT2D eigenvalue weighted by molar-refractivity contribution is 0.102. The van der Waals surface area contributed by atoms with Crippen LogP contribution in [-0.4, -0.2) is 54.7 Å². The van der Waals surface area contributed by atoms with Crippen molar-refractivity contribution in [2.24, 2.45) is 0 Å². The van der Waals surface area contributed by atoms with E-state index in [1.54, 1.807) is 16.4 Å². The number of nitrogens with one attached hydrogen (secondary N) is 1. The van der Waals surface area contributed by atoms with Crippen molar-refractivity contribution >= 4 is 32.4 Å². The van der Waals surface area contributed by atoms with Crippen molar-refractivity contribution in [3.63, 3.8) is 0 Å². The Bertz CT molecular complexity index is 1030. The molecule has 9 heteroatoms. The first kappa shape index (κ1) is 22.4. The summed E-state index contributed by atoms with van der Waals surface area (Å²) in [4.78, 5) is 20.9. The van der Waals surface area contributed by atoms with Crippen LogP contribution in [0.1, 0.15) is 60.0 Å². The largest absolute Gasteiger partial charge is 0.301 e. The molecule has 0 saturated heterocycles. The molecule has 7 nitrogen and oxygen atoms in total. The van der Waals surface area contributed by atoms with Gasteiger partial charge in [-0.2, -0.15) is 4.31 Å². The van der Waals surface area contributed by atoms with E-state index in [2.05, 4.69) is 22.2 Å². The van der Waals surface area contributed by atoms with Crippen molar-refractivity contribution in [2.75, 3.05) is 25.5 Å². The number of benzene rings is 1. The van der Waals surface area contributed by atoms with Crippen molar-refractivity contribution in [1.29, 1.82) is 0 Å². The molecule has 0 unspecified atom stereocenters. The highest BCUT2D eigenvalue weighted by Crippen LogP contribution is 2.29. The number of nitrogens with zero attached hydrogens (tertiary/aromatic N) is 3. The third-order valence-electron chi connectivity index (χ3n) is 6.16. The number of carbonyl (C=O) groups is 1. The molecule has 2 aliphatic rings. The first-order valence-corrected chi connectivity index (χ1v) is 13.2. The molecule has 2 aromatic rings. The molecular weight excluding hydrogens is 432 g/mol. The zero-order valence-electron chi connectivity index (χ0n) is 18.1. The highest BCUT2D eigenvalue weighted by Gasteiger charge is 2.31. The van der Waals surface area contributed by atoms with Crippen LogP contribution >= 0.6 is 11.3 Å². The topological polar surface area (TPSA) is 82.6 Å². The second-order valence-electron chi connectivity index (χ2n) is 8.36. The molecule has 1 saturated carbocycles. The fraction of sp³-hybridized carbons (Fsp3) is 0.545. The number of carbonyl (C=O) groups excluding carboxylic acids is 1. The second-order valence-corrected chi connectivity index (χ2v) is 11.3. The number of likely N-dealkylation sites (N-methyl/N-ethyl adjacent to an activating group) is 1. The van der Waals surface area contributed by atoms with Gasteiger partial charge in [0.05, 0.1) is 10.6 Å². The van der Waals surface area contributed by atoms with Gasteiger partial charge >= 0.3 is 0 Å². The number of fused-ring (bicyclic) bond motifs is 1. The van der Waals surface area contributed by atoms with E-state index >= 15 is 0 Å². The number of aromatic nitrogens is 1. The number of hydrogen-bond acceptors (Lipinski definition) is 6. The number of hydrogen-bond donors (Lipinski definition) is 1. The fourth-order valence-corrected chi connectivity index (χ4v) is 7.23. The summed E-state index contributed by atoms with van der Waals surface area (Å²) in [5, 5.41) is 3.46. The minimum atomic E-state index is -3.57. The summed E-state index contributed by atoms with van der Waals surface area (Å²) < 4.78 is 28.0. The molecule has 1 aliphatic carbocycles. The minimum absolute atomic E-state index is 0.0710. The van der Waals surface area contributed by atoms with Crippen LogP contribution in [0.3, 0.4) is 0 Å². The first-order chi connectivity index (χ1) is 14.9. The van der Waals surface area contributed by atoms with Crippen LogP contribution in [0.2, 0.25) is 0 Å². The molecule has 1 aromatic heterocycles. The summed E-state index contributed by atoms with van der Waals surface area (Å²) in [6, 6.07) is 6.31. The maximum Gasteiger partial charge on any atom is 0.257 e. The average molecular weight is 463 g/mol. The molecule has 0 radical (unpaired) electrons. The van der Waals surface area contributed by atoms with Gasteiger partial charge in [0, 0.05) is 42.5 Å². The maximum absolute atomic E-state index is 13.2. The highest BCUT2D eigenvalue weighted by atomic mass is 32.2. The average Bonchev–Trinajstić information content (AvgIpc) is 3.16. The Morgan fingerprint density at radius 2 is 1.94 bits per heavy atom. The van der Waals surface area contributed by atoms with Crippen molar-refractivity contribution in [2.45, 2.75) is 62.9 Å². The van der Waals surface area contributed by atoms with Gasteiger partial charge in [0.25, 0.3) is 5.91 Å². The van der Waals surface area contributed by atoms with Crippen LogP contribution in [0.4, 0.5) is 5.13 Å². The Hall–Kier alpha value is -1.81. The smallest absolute Gasteiger partial charge is 0.257 e. The van der Waals surface area contributed by atoms with Gasteiger partial charge in [0.2, 0.25) is 10.0 Å². The highest BCUT2D eigenvalue weighted by molar-refractivity contribution is 7.89. The zero-order valence-corrected chi connectivity index (χ0v) is 19.8. The summed E-state index contributed by atoms with van der Waals surface area (Å²) >= 11 is 1.50. The van der Waals surface area contributed by atoms with Crippen LogP contribution in [0.25, 0.3) is 0 Å². The van der Waals surface area contributed by atoms with Gasteiger partial charge < -0.3 is 4.90 Å². The molecule has 0 bridgehead atoms. The van der Waals surface area contributed by atoms with Crippen LogP contribution < -0.4 is 5.32 Å². The minimum Gasteiger partial charge on any atom is -0.301 e. The lowest BCUT2D eigenvalue weighted by atomic mass is 9.95. The number of thiazole rings is 1. The molecule has 1 N–H and O–H groups in total. The summed E-state index contributed by atoms with van der Waals surface area (Å²) in [5.41, 5.74) is 1.48. The van der Waals surface area contributed by atoms with Gasteiger partial charge in [0.1, 0.15) is 0 Å². The third kappa shape index (κ3) is 4.84. The molecule has 1 amide bonds. The van der Waals surface area contributed by atoms with Crippen LogP contribution in [0.5, 0.6) is 0 Å². The Balaban J connectivity index is 1.46. The summed E-state index contributed by atoms with van der Waals surface area (Å²) in [6.07, 6.45) is 6.05. The predicted octanol–water partition coefficient (Wildman–Crippen LogP) is 3.73. The van der Waals surface area contributed by atoms with E-state index < -0.39 is 10.0 Å². The summed E-state index contributed by atoms with van der Waals surface area (Å²) in [5.74, 6) is -0.275. The van der Waals surface area contributed by atoms with Crippen molar-refractivity contribution in [1.82, 2.24) is 14.2 Å². The SMILES string of the molecule is CCN(C1CCCCC1)S(=O)(=O)c1ccc(C(=O)Nc2nc3c(s2)CN(C)CC3)cc1. The molecule has 0 spiro atoms. The molecule has 31 heavy (non-hydrogen) atoms. The lowest BCUT2D eigenvalue weighted by Gasteiger charge is -2.32. The van der Waals surface area contributed by atoms with Gasteiger partial charge in [-0.1, -0.05) is 26.2 Å². The van der Waals surface area contributed by atoms with E-state index in [0.29, 0.717) is 17.2 Å². The molecule has 4 rings (SSSR count). The second kappa shape index (κ2) is 9.36. The van der Waals surface area contributed by atoms with E-state index in [-0.39, 0.29) is 16.8 Å². The van der Waals surface area contributed by atoms with Crippen molar-refractivity contribution in [3.05, 3.63) is 40.4 Å². The number of amides is 1. The van der Waals surface area contributed by atoms with E-state index in [1.807, 2.05) is 6.92 Å². The van der Waals surface area contributed by atoms with Gasteiger partial charge in [-0.05, 0) is 44.2 Å². The van der Waals surface area contributed by atoms with Crippen molar-refractivity contribution in [3.8, 4) is 0 Å². The normalized spacial score (nSPS) is 18.2. The van der Waals surface area contributed by atoms with E-state index in [1.165, 1.54) is 34.8 Å². The lowest BCUT2D eigenvalue weighted by Crippen LogP contribution is -2.41. The third-order valence-corrected chi connectivity index (χ3v) is 9.20. The fourth-order valence-electron chi connectivity index (χ4n) is 4.45. The Kier molecular flexibility index (Phi) is 6.76.